The summed E-state index contributed by atoms with van der Waals surface area (Å²) in [6, 6.07) is 8.36. The van der Waals surface area contributed by atoms with Gasteiger partial charge in [0.2, 0.25) is 0 Å². The summed E-state index contributed by atoms with van der Waals surface area (Å²) in [6.07, 6.45) is 4.75. The van der Waals surface area contributed by atoms with Crippen LogP contribution in [0.4, 0.5) is 0 Å². The van der Waals surface area contributed by atoms with Crippen LogP contribution in [0.1, 0.15) is 44.2 Å². The third-order valence-corrected chi connectivity index (χ3v) is 4.76. The number of hydrogen-bond acceptors (Lipinski definition) is 3. The SMILES string of the molecule is CCCOc1ccccc1C(N)CC1CCSCC1. The van der Waals surface area contributed by atoms with Crippen LogP contribution in [0.25, 0.3) is 0 Å². The lowest BCUT2D eigenvalue weighted by Crippen LogP contribution is -2.19. The Morgan fingerprint density at radius 1 is 1.32 bits per heavy atom. The van der Waals surface area contributed by atoms with Crippen molar-refractivity contribution in [1.29, 1.82) is 0 Å². The van der Waals surface area contributed by atoms with Gasteiger partial charge in [-0.1, -0.05) is 25.1 Å². The molecule has 106 valence electrons. The zero-order valence-corrected chi connectivity index (χ0v) is 12.6. The summed E-state index contributed by atoms with van der Waals surface area (Å²) in [5.41, 5.74) is 7.59. The van der Waals surface area contributed by atoms with Gasteiger partial charge in [0, 0.05) is 11.6 Å². The molecule has 0 spiro atoms. The summed E-state index contributed by atoms with van der Waals surface area (Å²) in [7, 11) is 0. The van der Waals surface area contributed by atoms with E-state index in [0.717, 1.165) is 31.1 Å². The molecule has 2 rings (SSSR count). The fourth-order valence-corrected chi connectivity index (χ4v) is 3.80. The van der Waals surface area contributed by atoms with Gasteiger partial charge in [-0.05, 0) is 49.2 Å². The molecule has 19 heavy (non-hydrogen) atoms. The standard InChI is InChI=1S/C16H25NOS/c1-2-9-18-16-6-4-3-5-14(16)15(17)12-13-7-10-19-11-8-13/h3-6,13,15H,2,7-12,17H2,1H3. The fraction of sp³-hybridized carbons (Fsp3) is 0.625. The number of hydrogen-bond donors (Lipinski definition) is 1. The van der Waals surface area contributed by atoms with Crippen molar-refractivity contribution in [2.45, 2.75) is 38.6 Å². The molecule has 1 aliphatic heterocycles. The summed E-state index contributed by atoms with van der Waals surface area (Å²) in [6.45, 7) is 2.89. The van der Waals surface area contributed by atoms with Crippen LogP contribution < -0.4 is 10.5 Å². The van der Waals surface area contributed by atoms with Gasteiger partial charge in [-0.25, -0.2) is 0 Å². The lowest BCUT2D eigenvalue weighted by atomic mass is 9.91. The van der Waals surface area contributed by atoms with Crippen LogP contribution in [0.2, 0.25) is 0 Å². The van der Waals surface area contributed by atoms with E-state index in [9.17, 15) is 0 Å². The highest BCUT2D eigenvalue weighted by Gasteiger charge is 2.19. The number of ether oxygens (including phenoxy) is 1. The van der Waals surface area contributed by atoms with Crippen LogP contribution in [0.5, 0.6) is 5.75 Å². The van der Waals surface area contributed by atoms with E-state index in [-0.39, 0.29) is 6.04 Å². The summed E-state index contributed by atoms with van der Waals surface area (Å²) in [5.74, 6) is 4.36. The van der Waals surface area contributed by atoms with E-state index in [1.165, 1.54) is 29.9 Å². The first-order chi connectivity index (χ1) is 9.31. The molecule has 1 fully saturated rings. The topological polar surface area (TPSA) is 35.2 Å². The van der Waals surface area contributed by atoms with Gasteiger partial charge in [0.05, 0.1) is 6.61 Å². The molecule has 0 saturated carbocycles. The molecule has 1 aromatic carbocycles. The molecular weight excluding hydrogens is 254 g/mol. The highest BCUT2D eigenvalue weighted by molar-refractivity contribution is 7.99. The predicted octanol–water partition coefficient (Wildman–Crippen LogP) is 4.01. The van der Waals surface area contributed by atoms with E-state index in [1.807, 2.05) is 12.1 Å². The van der Waals surface area contributed by atoms with Crippen LogP contribution in [0.15, 0.2) is 24.3 Å². The summed E-state index contributed by atoms with van der Waals surface area (Å²) >= 11 is 2.07. The maximum Gasteiger partial charge on any atom is 0.124 e. The minimum Gasteiger partial charge on any atom is -0.493 e. The van der Waals surface area contributed by atoms with Gasteiger partial charge in [-0.15, -0.1) is 0 Å². The third kappa shape index (κ3) is 4.43. The molecule has 1 aliphatic rings. The van der Waals surface area contributed by atoms with Gasteiger partial charge in [-0.2, -0.15) is 11.8 Å². The molecule has 1 atom stereocenters. The second-order valence-corrected chi connectivity index (χ2v) is 6.51. The van der Waals surface area contributed by atoms with Crippen LogP contribution in [0, 0.1) is 5.92 Å². The molecule has 0 aromatic heterocycles. The van der Waals surface area contributed by atoms with Crippen LogP contribution in [-0.4, -0.2) is 18.1 Å². The monoisotopic (exact) mass is 279 g/mol. The van der Waals surface area contributed by atoms with E-state index in [0.29, 0.717) is 0 Å². The molecule has 0 bridgehead atoms. The Kier molecular flexibility index (Phi) is 6.05. The second-order valence-electron chi connectivity index (χ2n) is 5.28. The molecule has 2 N–H and O–H groups in total. The van der Waals surface area contributed by atoms with Crippen molar-refractivity contribution >= 4 is 11.8 Å². The number of rotatable bonds is 6. The van der Waals surface area contributed by atoms with Gasteiger partial charge in [-0.3, -0.25) is 0 Å². The molecular formula is C16H25NOS. The van der Waals surface area contributed by atoms with Crippen molar-refractivity contribution in [2.24, 2.45) is 11.7 Å². The molecule has 1 saturated heterocycles. The largest absolute Gasteiger partial charge is 0.493 e. The first-order valence-electron chi connectivity index (χ1n) is 7.36. The zero-order valence-electron chi connectivity index (χ0n) is 11.8. The fourth-order valence-electron chi connectivity index (χ4n) is 2.60. The Bertz CT molecular complexity index is 377. The van der Waals surface area contributed by atoms with E-state index < -0.39 is 0 Å². The number of benzene rings is 1. The van der Waals surface area contributed by atoms with E-state index in [2.05, 4.69) is 30.8 Å². The Balaban J connectivity index is 1.98. The van der Waals surface area contributed by atoms with E-state index in [4.69, 9.17) is 10.5 Å². The third-order valence-electron chi connectivity index (χ3n) is 3.71. The minimum atomic E-state index is 0.112. The van der Waals surface area contributed by atoms with E-state index in [1.54, 1.807) is 0 Å². The summed E-state index contributed by atoms with van der Waals surface area (Å²) in [5, 5.41) is 0. The van der Waals surface area contributed by atoms with Crippen LogP contribution in [-0.2, 0) is 0 Å². The average molecular weight is 279 g/mol. The van der Waals surface area contributed by atoms with Crippen LogP contribution in [0.3, 0.4) is 0 Å². The Morgan fingerprint density at radius 3 is 2.79 bits per heavy atom. The van der Waals surface area contributed by atoms with Crippen molar-refractivity contribution < 1.29 is 4.74 Å². The second kappa shape index (κ2) is 7.81. The molecule has 0 aliphatic carbocycles. The Hall–Kier alpha value is -0.670. The molecule has 1 heterocycles. The van der Waals surface area contributed by atoms with Crippen LogP contribution >= 0.6 is 11.8 Å². The van der Waals surface area contributed by atoms with E-state index >= 15 is 0 Å². The molecule has 2 nitrogen and oxygen atoms in total. The quantitative estimate of drug-likeness (QED) is 0.854. The smallest absolute Gasteiger partial charge is 0.124 e. The van der Waals surface area contributed by atoms with Crippen molar-refractivity contribution in [1.82, 2.24) is 0 Å². The van der Waals surface area contributed by atoms with Crippen molar-refractivity contribution in [2.75, 3.05) is 18.1 Å². The summed E-state index contributed by atoms with van der Waals surface area (Å²) in [4.78, 5) is 0. The Morgan fingerprint density at radius 2 is 2.05 bits per heavy atom. The number of thioether (sulfide) groups is 1. The molecule has 1 unspecified atom stereocenters. The maximum atomic E-state index is 6.41. The minimum absolute atomic E-state index is 0.112. The van der Waals surface area contributed by atoms with Gasteiger partial charge in [0.25, 0.3) is 0 Å². The maximum absolute atomic E-state index is 6.41. The molecule has 0 amide bonds. The molecule has 1 aromatic rings. The number of para-hydroxylation sites is 1. The molecule has 0 radical (unpaired) electrons. The highest BCUT2D eigenvalue weighted by Crippen LogP contribution is 2.33. The van der Waals surface area contributed by atoms with Crippen molar-refractivity contribution in [3.05, 3.63) is 29.8 Å². The first-order valence-corrected chi connectivity index (χ1v) is 8.51. The van der Waals surface area contributed by atoms with Crippen molar-refractivity contribution in [3.8, 4) is 5.75 Å². The predicted molar refractivity (Wildman–Crippen MR) is 83.8 cm³/mol. The van der Waals surface area contributed by atoms with Gasteiger partial charge in [0.1, 0.15) is 5.75 Å². The normalized spacial score (nSPS) is 18.2. The first kappa shape index (κ1) is 14.7. The lowest BCUT2D eigenvalue weighted by molar-refractivity contribution is 0.308. The van der Waals surface area contributed by atoms with Gasteiger partial charge >= 0.3 is 0 Å². The zero-order chi connectivity index (χ0) is 13.5. The Labute approximate surface area is 121 Å². The molecule has 3 heteroatoms. The van der Waals surface area contributed by atoms with Gasteiger partial charge in [0.15, 0.2) is 0 Å². The highest BCUT2D eigenvalue weighted by atomic mass is 32.2. The lowest BCUT2D eigenvalue weighted by Gasteiger charge is -2.25. The van der Waals surface area contributed by atoms with Gasteiger partial charge < -0.3 is 10.5 Å². The average Bonchev–Trinajstić information content (AvgIpc) is 2.46. The number of nitrogens with two attached hydrogens (primary N) is 1. The van der Waals surface area contributed by atoms with Crippen molar-refractivity contribution in [3.63, 3.8) is 0 Å². The summed E-state index contributed by atoms with van der Waals surface area (Å²) < 4.78 is 5.81.